The topological polar surface area (TPSA) is 160 Å². The molecule has 2 atom stereocenters. The second kappa shape index (κ2) is 10.9. The Balaban J connectivity index is 1.26. The Kier molecular flexibility index (Phi) is 7.08. The Morgan fingerprint density at radius 3 is 2.69 bits per heavy atom. The smallest absolute Gasteiger partial charge is 0.359 e. The summed E-state index contributed by atoms with van der Waals surface area (Å²) < 4.78 is 7.99. The zero-order valence-electron chi connectivity index (χ0n) is 22.4. The minimum Gasteiger partial charge on any atom is -0.497 e. The van der Waals surface area contributed by atoms with Crippen molar-refractivity contribution in [1.29, 1.82) is 0 Å². The maximum absolute atomic E-state index is 13.3. The number of nitrogens with zero attached hydrogens (tertiary/aromatic N) is 4. The molecule has 14 heteroatoms. The second-order valence-electron chi connectivity index (χ2n) is 9.57. The molecule has 0 bridgehead atoms. The van der Waals surface area contributed by atoms with Crippen LogP contribution in [0.25, 0.3) is 26.2 Å². The van der Waals surface area contributed by atoms with Crippen LogP contribution in [0.5, 0.6) is 5.75 Å². The number of nitrogens with one attached hydrogen (secondary N) is 1. The van der Waals surface area contributed by atoms with E-state index in [1.807, 2.05) is 42.7 Å². The van der Waals surface area contributed by atoms with Crippen molar-refractivity contribution in [2.24, 2.45) is 5.16 Å². The molecule has 5 heterocycles. The lowest BCUT2D eigenvalue weighted by Crippen LogP contribution is -2.72. The number of methoxy groups -OCH3 is 1. The van der Waals surface area contributed by atoms with Gasteiger partial charge in [-0.15, -0.1) is 22.7 Å². The van der Waals surface area contributed by atoms with Crippen LogP contribution >= 0.6 is 22.7 Å². The molecular weight excluding hydrogens is 580 g/mol. The Bertz CT molecular complexity index is 1790. The van der Waals surface area contributed by atoms with Crippen molar-refractivity contribution in [2.45, 2.75) is 24.9 Å². The molecule has 2 aliphatic heterocycles. The van der Waals surface area contributed by atoms with Gasteiger partial charge < -0.3 is 25.7 Å². The molecule has 6 rings (SSSR count). The van der Waals surface area contributed by atoms with Gasteiger partial charge in [0.1, 0.15) is 24.6 Å². The lowest BCUT2D eigenvalue weighted by Gasteiger charge is -2.48. The molecule has 1 saturated heterocycles. The number of carboxylic acid groups (broad SMARTS) is 1. The SMILES string of the molecule is CO/N=C(\C(=O)N[C@H]1C(=O)N2C(C(=O)O)=C([n+]3ccc4cc(-c5ccc(OC)cc5)sc4c3)CCC12)c1csc(N)n1. The van der Waals surface area contributed by atoms with Crippen LogP contribution in [0.3, 0.4) is 0 Å². The predicted molar refractivity (Wildman–Crippen MR) is 157 cm³/mol. The van der Waals surface area contributed by atoms with Gasteiger partial charge >= 0.3 is 5.97 Å². The van der Waals surface area contributed by atoms with E-state index in [0.717, 1.165) is 37.6 Å². The molecule has 214 valence electrons. The van der Waals surface area contributed by atoms with Crippen LogP contribution in [0.15, 0.2) is 65.0 Å². The number of amides is 2. The number of β-lactam (4-membered cyclic amide) rings is 1. The van der Waals surface area contributed by atoms with E-state index in [2.05, 4.69) is 21.5 Å². The number of anilines is 1. The summed E-state index contributed by atoms with van der Waals surface area (Å²) in [5.74, 6) is -1.63. The summed E-state index contributed by atoms with van der Waals surface area (Å²) in [4.78, 5) is 49.9. The number of nitrogens with two attached hydrogens (primary N) is 1. The van der Waals surface area contributed by atoms with Gasteiger partial charge in [-0.1, -0.05) is 5.16 Å². The fourth-order valence-corrected chi connectivity index (χ4v) is 6.88. The van der Waals surface area contributed by atoms with Crippen LogP contribution in [0.4, 0.5) is 5.13 Å². The molecule has 0 spiro atoms. The van der Waals surface area contributed by atoms with Crippen LogP contribution in [0, 0.1) is 0 Å². The van der Waals surface area contributed by atoms with Gasteiger partial charge in [-0.3, -0.25) is 14.5 Å². The van der Waals surface area contributed by atoms with Gasteiger partial charge in [0, 0.05) is 28.1 Å². The van der Waals surface area contributed by atoms with Crippen LogP contribution in [0.2, 0.25) is 0 Å². The first-order valence-corrected chi connectivity index (χ1v) is 14.5. The number of aliphatic carboxylic acids is 1. The predicted octanol–water partition coefficient (Wildman–Crippen LogP) is 2.70. The van der Waals surface area contributed by atoms with E-state index < -0.39 is 29.9 Å². The van der Waals surface area contributed by atoms with E-state index in [4.69, 9.17) is 15.3 Å². The lowest BCUT2D eigenvalue weighted by molar-refractivity contribution is -0.583. The van der Waals surface area contributed by atoms with Crippen molar-refractivity contribution in [2.75, 3.05) is 20.0 Å². The summed E-state index contributed by atoms with van der Waals surface area (Å²) in [5, 5.41) is 19.4. The third-order valence-corrected chi connectivity index (χ3v) is 9.02. The quantitative estimate of drug-likeness (QED) is 0.120. The van der Waals surface area contributed by atoms with Crippen molar-refractivity contribution in [3.05, 3.63) is 65.6 Å². The highest BCUT2D eigenvalue weighted by Crippen LogP contribution is 2.38. The normalized spacial score (nSPS) is 18.5. The Morgan fingerprint density at radius 2 is 2.02 bits per heavy atom. The van der Waals surface area contributed by atoms with Gasteiger partial charge in [0.05, 0.1) is 17.9 Å². The second-order valence-corrected chi connectivity index (χ2v) is 11.5. The Hall–Kier alpha value is -4.82. The van der Waals surface area contributed by atoms with Gasteiger partial charge in [-0.05, 0) is 42.3 Å². The first kappa shape index (κ1) is 27.4. The monoisotopic (exact) mass is 605 g/mol. The van der Waals surface area contributed by atoms with Gasteiger partial charge in [0.15, 0.2) is 28.9 Å². The zero-order chi connectivity index (χ0) is 29.5. The van der Waals surface area contributed by atoms with Crippen LogP contribution in [-0.2, 0) is 19.2 Å². The third-order valence-electron chi connectivity index (χ3n) is 7.21. The minimum absolute atomic E-state index is 0.101. The first-order chi connectivity index (χ1) is 20.3. The molecule has 0 saturated carbocycles. The number of thiophene rings is 1. The number of nitrogen functional groups attached to an aromatic ring is 1. The summed E-state index contributed by atoms with van der Waals surface area (Å²) >= 11 is 2.72. The average Bonchev–Trinajstić information content (AvgIpc) is 3.63. The van der Waals surface area contributed by atoms with Gasteiger partial charge in [0.25, 0.3) is 11.8 Å². The zero-order valence-corrected chi connectivity index (χ0v) is 24.1. The number of pyridine rings is 1. The van der Waals surface area contributed by atoms with Crippen LogP contribution < -0.4 is 20.4 Å². The molecule has 3 aromatic heterocycles. The number of ether oxygens (including phenoxy) is 1. The lowest BCUT2D eigenvalue weighted by atomic mass is 9.85. The van der Waals surface area contributed by atoms with E-state index in [-0.39, 0.29) is 22.2 Å². The fourth-order valence-electron chi connectivity index (χ4n) is 5.24. The summed E-state index contributed by atoms with van der Waals surface area (Å²) in [6.07, 6.45) is 4.54. The number of thiazole rings is 1. The summed E-state index contributed by atoms with van der Waals surface area (Å²) in [5.41, 5.74) is 7.22. The molecule has 1 aromatic carbocycles. The highest BCUT2D eigenvalue weighted by molar-refractivity contribution is 7.22. The van der Waals surface area contributed by atoms with E-state index in [0.29, 0.717) is 18.5 Å². The van der Waals surface area contributed by atoms with Crippen molar-refractivity contribution >= 4 is 67.1 Å². The third kappa shape index (κ3) is 4.73. The van der Waals surface area contributed by atoms with Crippen molar-refractivity contribution in [3.8, 4) is 16.2 Å². The largest absolute Gasteiger partial charge is 0.497 e. The summed E-state index contributed by atoms with van der Waals surface area (Å²) in [6, 6.07) is 10.4. The first-order valence-electron chi connectivity index (χ1n) is 12.8. The fraction of sp³-hybridized carbons (Fsp3) is 0.214. The number of allylic oxidation sites excluding steroid dienone is 1. The molecule has 1 unspecified atom stereocenters. The maximum Gasteiger partial charge on any atom is 0.359 e. The minimum atomic E-state index is -1.22. The average molecular weight is 606 g/mol. The molecule has 2 amide bonds. The molecule has 2 aliphatic rings. The molecule has 0 aliphatic carbocycles. The molecule has 0 radical (unpaired) electrons. The number of carboxylic acids is 1. The number of hydrogen-bond acceptors (Lipinski definition) is 10. The van der Waals surface area contributed by atoms with Gasteiger partial charge in [-0.2, -0.15) is 4.57 Å². The number of oxime groups is 1. The van der Waals surface area contributed by atoms with Gasteiger partial charge in [-0.25, -0.2) is 9.78 Å². The molecular formula is C28H25N6O6S2+. The van der Waals surface area contributed by atoms with E-state index >= 15 is 0 Å². The molecule has 4 N–H and O–H groups in total. The van der Waals surface area contributed by atoms with Crippen molar-refractivity contribution in [3.63, 3.8) is 0 Å². The van der Waals surface area contributed by atoms with Crippen molar-refractivity contribution in [1.82, 2.24) is 15.2 Å². The van der Waals surface area contributed by atoms with E-state index in [1.165, 1.54) is 12.0 Å². The van der Waals surface area contributed by atoms with Crippen LogP contribution in [-0.4, -0.2) is 64.8 Å². The molecule has 1 fully saturated rings. The van der Waals surface area contributed by atoms with E-state index in [1.54, 1.807) is 28.4 Å². The molecule has 4 aromatic rings. The number of aromatic nitrogens is 2. The number of benzene rings is 1. The van der Waals surface area contributed by atoms with Crippen LogP contribution in [0.1, 0.15) is 18.5 Å². The van der Waals surface area contributed by atoms with Crippen molar-refractivity contribution < 1.29 is 33.6 Å². The molecule has 42 heavy (non-hydrogen) atoms. The van der Waals surface area contributed by atoms with Gasteiger partial charge in [0.2, 0.25) is 5.70 Å². The Morgan fingerprint density at radius 1 is 1.24 bits per heavy atom. The highest BCUT2D eigenvalue weighted by atomic mass is 32.1. The number of hydrogen-bond donors (Lipinski definition) is 3. The summed E-state index contributed by atoms with van der Waals surface area (Å²) in [6.45, 7) is 0. The van der Waals surface area contributed by atoms with E-state index in [9.17, 15) is 19.5 Å². The Labute approximate surface area is 247 Å². The molecule has 12 nitrogen and oxygen atoms in total. The standard InChI is InChI=1S/C28H24N6O6S2/c1-39-16-5-3-14(4-6-16)20-11-15-9-10-33(12-21(15)42-20)19-8-7-18-23(26(36)34(18)24(19)27(37)38)31-25(35)22(32-40-2)17-13-41-28(29)30-17/h3-6,9-13,18,23H,7-8H2,1-2H3,(H3-,29,30,31,35,37,38)/p+1/b32-22-/t18?,23-/m1/s1. The summed E-state index contributed by atoms with van der Waals surface area (Å²) in [7, 11) is 2.91. The number of fused-ring (bicyclic) bond motifs is 2. The number of carbonyl (C=O) groups excluding carboxylic acids is 2. The number of carbonyl (C=O) groups is 3. The highest BCUT2D eigenvalue weighted by Gasteiger charge is 2.55. The maximum atomic E-state index is 13.3. The number of rotatable bonds is 8.